The van der Waals surface area contributed by atoms with Gasteiger partial charge in [0, 0.05) is 23.8 Å². The molecule has 0 radical (unpaired) electrons. The van der Waals surface area contributed by atoms with Crippen LogP contribution in [0.1, 0.15) is 0 Å². The van der Waals surface area contributed by atoms with Gasteiger partial charge in [0.25, 0.3) is 5.91 Å². The Balaban J connectivity index is 2.85. The lowest BCUT2D eigenvalue weighted by molar-refractivity contribution is -0.125. The second-order valence-corrected chi connectivity index (χ2v) is 4.04. The third-order valence-electron chi connectivity index (χ3n) is 2.03. The molecule has 0 saturated carbocycles. The van der Waals surface area contributed by atoms with Gasteiger partial charge in [0.1, 0.15) is 6.10 Å². The van der Waals surface area contributed by atoms with Crippen LogP contribution in [0.4, 0.5) is 5.69 Å². The van der Waals surface area contributed by atoms with Gasteiger partial charge in [-0.25, -0.2) is 0 Å². The first-order valence-electron chi connectivity index (χ1n) is 4.47. The number of aliphatic hydroxyl groups is 1. The van der Waals surface area contributed by atoms with E-state index in [1.54, 1.807) is 19.2 Å². The average Bonchev–Trinajstić information content (AvgIpc) is 2.26. The molecule has 82 valence electrons. The van der Waals surface area contributed by atoms with E-state index in [1.807, 2.05) is 12.1 Å². The van der Waals surface area contributed by atoms with Crippen molar-refractivity contribution in [2.24, 2.45) is 5.73 Å². The van der Waals surface area contributed by atoms with Gasteiger partial charge in [0.05, 0.1) is 0 Å². The molecule has 0 fully saturated rings. The Morgan fingerprint density at radius 1 is 1.67 bits per heavy atom. The van der Waals surface area contributed by atoms with Crippen LogP contribution in [0.3, 0.4) is 0 Å². The molecule has 1 aromatic rings. The van der Waals surface area contributed by atoms with Crippen LogP contribution < -0.4 is 10.6 Å². The summed E-state index contributed by atoms with van der Waals surface area (Å²) in [6.07, 6.45) is -1.14. The molecule has 3 N–H and O–H groups in total. The fourth-order valence-corrected chi connectivity index (χ4v) is 1.52. The smallest absolute Gasteiger partial charge is 0.256 e. The van der Waals surface area contributed by atoms with E-state index in [1.165, 1.54) is 4.90 Å². The quantitative estimate of drug-likeness (QED) is 0.853. The standard InChI is InChI=1S/C10H13BrN2O2/c1-13(10(15)9(14)6-12)8-4-2-3-7(11)5-8/h2-5,9,14H,6,12H2,1H3. The predicted octanol–water partition coefficient (Wildman–Crippen LogP) is 0.731. The maximum atomic E-state index is 11.6. The van der Waals surface area contributed by atoms with Crippen LogP contribution in [0.15, 0.2) is 28.7 Å². The molecule has 5 heteroatoms. The lowest BCUT2D eigenvalue weighted by Gasteiger charge is -2.20. The van der Waals surface area contributed by atoms with E-state index in [0.717, 1.165) is 4.47 Å². The number of hydrogen-bond acceptors (Lipinski definition) is 3. The fraction of sp³-hybridized carbons (Fsp3) is 0.300. The summed E-state index contributed by atoms with van der Waals surface area (Å²) in [4.78, 5) is 12.9. The van der Waals surface area contributed by atoms with Crippen molar-refractivity contribution in [3.63, 3.8) is 0 Å². The Morgan fingerprint density at radius 3 is 2.87 bits per heavy atom. The molecule has 1 atom stereocenters. The largest absolute Gasteiger partial charge is 0.382 e. The number of carbonyl (C=O) groups excluding carboxylic acids is 1. The minimum atomic E-state index is -1.14. The molecule has 0 spiro atoms. The molecule has 15 heavy (non-hydrogen) atoms. The molecule has 0 bridgehead atoms. The average molecular weight is 273 g/mol. The molecule has 0 heterocycles. The van der Waals surface area contributed by atoms with Crippen molar-refractivity contribution >= 4 is 27.5 Å². The summed E-state index contributed by atoms with van der Waals surface area (Å²) < 4.78 is 0.877. The second-order valence-electron chi connectivity index (χ2n) is 3.13. The topological polar surface area (TPSA) is 66.6 Å². The molecule has 1 rings (SSSR count). The molecule has 0 aliphatic rings. The molecule has 0 aromatic heterocycles. The first-order chi connectivity index (χ1) is 7.06. The number of likely N-dealkylation sites (N-methyl/N-ethyl adjacent to an activating group) is 1. The van der Waals surface area contributed by atoms with Crippen molar-refractivity contribution in [3.05, 3.63) is 28.7 Å². The van der Waals surface area contributed by atoms with Crippen molar-refractivity contribution < 1.29 is 9.90 Å². The van der Waals surface area contributed by atoms with Crippen molar-refractivity contribution in [2.75, 3.05) is 18.5 Å². The van der Waals surface area contributed by atoms with Crippen molar-refractivity contribution in [2.45, 2.75) is 6.10 Å². The number of nitrogens with zero attached hydrogens (tertiary/aromatic N) is 1. The van der Waals surface area contributed by atoms with Gasteiger partial charge in [-0.2, -0.15) is 0 Å². The lowest BCUT2D eigenvalue weighted by Crippen LogP contribution is -2.40. The normalized spacial score (nSPS) is 12.3. The van der Waals surface area contributed by atoms with Crippen LogP contribution in [0.5, 0.6) is 0 Å². The summed E-state index contributed by atoms with van der Waals surface area (Å²) in [6.45, 7) is -0.0722. The molecular formula is C10H13BrN2O2. The van der Waals surface area contributed by atoms with E-state index in [4.69, 9.17) is 5.73 Å². The summed E-state index contributed by atoms with van der Waals surface area (Å²) in [7, 11) is 1.60. The third kappa shape index (κ3) is 3.02. The van der Waals surface area contributed by atoms with E-state index in [0.29, 0.717) is 5.69 Å². The van der Waals surface area contributed by atoms with E-state index in [9.17, 15) is 9.90 Å². The van der Waals surface area contributed by atoms with Gasteiger partial charge < -0.3 is 15.7 Å². The van der Waals surface area contributed by atoms with E-state index < -0.39 is 12.0 Å². The van der Waals surface area contributed by atoms with Gasteiger partial charge in [0.15, 0.2) is 0 Å². The lowest BCUT2D eigenvalue weighted by atomic mass is 10.2. The van der Waals surface area contributed by atoms with Gasteiger partial charge in [0.2, 0.25) is 0 Å². The molecule has 1 amide bonds. The molecule has 4 nitrogen and oxygen atoms in total. The highest BCUT2D eigenvalue weighted by atomic mass is 79.9. The van der Waals surface area contributed by atoms with Gasteiger partial charge in [-0.05, 0) is 18.2 Å². The molecule has 1 aromatic carbocycles. The number of hydrogen-bond donors (Lipinski definition) is 2. The zero-order chi connectivity index (χ0) is 11.4. The minimum absolute atomic E-state index is 0.0722. The maximum absolute atomic E-state index is 11.6. The van der Waals surface area contributed by atoms with Crippen molar-refractivity contribution in [1.29, 1.82) is 0 Å². The summed E-state index contributed by atoms with van der Waals surface area (Å²) in [5, 5.41) is 9.30. The Morgan fingerprint density at radius 2 is 2.33 bits per heavy atom. The molecule has 0 saturated heterocycles. The predicted molar refractivity (Wildman–Crippen MR) is 62.6 cm³/mol. The molecule has 0 aliphatic carbocycles. The SMILES string of the molecule is CN(C(=O)C(O)CN)c1cccc(Br)c1. The number of halogens is 1. The van der Waals surface area contributed by atoms with Crippen molar-refractivity contribution in [3.8, 4) is 0 Å². The van der Waals surface area contributed by atoms with Crippen LogP contribution in [-0.2, 0) is 4.79 Å². The number of nitrogens with two attached hydrogens (primary N) is 1. The Labute approximate surface area is 96.8 Å². The first-order valence-corrected chi connectivity index (χ1v) is 5.27. The second kappa shape index (κ2) is 5.25. The van der Waals surface area contributed by atoms with E-state index >= 15 is 0 Å². The summed E-state index contributed by atoms with van der Waals surface area (Å²) in [6, 6.07) is 7.26. The third-order valence-corrected chi connectivity index (χ3v) is 2.53. The maximum Gasteiger partial charge on any atom is 0.256 e. The number of benzene rings is 1. The van der Waals surface area contributed by atoms with Gasteiger partial charge in [-0.15, -0.1) is 0 Å². The number of aliphatic hydroxyl groups excluding tert-OH is 1. The van der Waals surface area contributed by atoms with Gasteiger partial charge in [-0.3, -0.25) is 4.79 Å². The zero-order valence-corrected chi connectivity index (χ0v) is 9.94. The Kier molecular flexibility index (Phi) is 4.26. The number of carbonyl (C=O) groups is 1. The van der Waals surface area contributed by atoms with Crippen molar-refractivity contribution in [1.82, 2.24) is 0 Å². The molecule has 1 unspecified atom stereocenters. The monoisotopic (exact) mass is 272 g/mol. The number of amides is 1. The molecule has 0 aliphatic heterocycles. The fourth-order valence-electron chi connectivity index (χ4n) is 1.14. The summed E-state index contributed by atoms with van der Waals surface area (Å²) in [5.74, 6) is -0.407. The zero-order valence-electron chi connectivity index (χ0n) is 8.35. The Bertz CT molecular complexity index is 357. The van der Waals surface area contributed by atoms with Crippen LogP contribution in [0, 0.1) is 0 Å². The van der Waals surface area contributed by atoms with Crippen LogP contribution >= 0.6 is 15.9 Å². The van der Waals surface area contributed by atoms with Crippen LogP contribution in [-0.4, -0.2) is 30.7 Å². The Hall–Kier alpha value is -0.910. The summed E-state index contributed by atoms with van der Waals surface area (Å²) >= 11 is 3.31. The van der Waals surface area contributed by atoms with Crippen LogP contribution in [0.25, 0.3) is 0 Å². The number of anilines is 1. The first kappa shape index (κ1) is 12.2. The highest BCUT2D eigenvalue weighted by Crippen LogP contribution is 2.19. The summed E-state index contributed by atoms with van der Waals surface area (Å²) in [5.41, 5.74) is 5.92. The van der Waals surface area contributed by atoms with E-state index in [2.05, 4.69) is 15.9 Å². The molecular weight excluding hydrogens is 260 g/mol. The minimum Gasteiger partial charge on any atom is -0.382 e. The number of rotatable bonds is 3. The highest BCUT2D eigenvalue weighted by Gasteiger charge is 2.18. The van der Waals surface area contributed by atoms with Crippen LogP contribution in [0.2, 0.25) is 0 Å². The van der Waals surface area contributed by atoms with Gasteiger partial charge in [-0.1, -0.05) is 22.0 Å². The van der Waals surface area contributed by atoms with Gasteiger partial charge >= 0.3 is 0 Å². The van der Waals surface area contributed by atoms with E-state index in [-0.39, 0.29) is 6.54 Å². The highest BCUT2D eigenvalue weighted by molar-refractivity contribution is 9.10.